The van der Waals surface area contributed by atoms with Crippen LogP contribution in [0.4, 0.5) is 0 Å². The molecule has 0 amide bonds. The highest BCUT2D eigenvalue weighted by Crippen LogP contribution is 2.32. The highest BCUT2D eigenvalue weighted by molar-refractivity contribution is 5.91. The Balaban J connectivity index is 1.53. The smallest absolute Gasteiger partial charge is 0.338 e. The Kier molecular flexibility index (Phi) is 12.4. The van der Waals surface area contributed by atoms with Crippen molar-refractivity contribution in [3.63, 3.8) is 0 Å². The maximum atomic E-state index is 13.6. The molecule has 4 aromatic rings. The van der Waals surface area contributed by atoms with Crippen molar-refractivity contribution in [1.82, 2.24) is 0 Å². The summed E-state index contributed by atoms with van der Waals surface area (Å²) in [5, 5.41) is 0. The fourth-order valence-electron chi connectivity index (χ4n) is 5.09. The van der Waals surface area contributed by atoms with Crippen LogP contribution >= 0.6 is 0 Å². The maximum absolute atomic E-state index is 13.6. The molecule has 4 aromatic carbocycles. The van der Waals surface area contributed by atoms with Crippen molar-refractivity contribution < 1.29 is 47.6 Å². The minimum absolute atomic E-state index is 0.153. The average molecular weight is 665 g/mol. The van der Waals surface area contributed by atoms with Crippen LogP contribution in [-0.4, -0.2) is 67.8 Å². The summed E-state index contributed by atoms with van der Waals surface area (Å²) in [5.41, 5.74) is 0.912. The van der Waals surface area contributed by atoms with E-state index in [0.29, 0.717) is 12.8 Å². The molecule has 10 heteroatoms. The lowest BCUT2D eigenvalue weighted by atomic mass is 9.97. The van der Waals surface area contributed by atoms with Gasteiger partial charge in [-0.15, -0.1) is 6.58 Å². The van der Waals surface area contributed by atoms with E-state index < -0.39 is 61.2 Å². The number of ether oxygens (including phenoxy) is 6. The average Bonchev–Trinajstić information content (AvgIpc) is 3.15. The second kappa shape index (κ2) is 17.5. The zero-order valence-corrected chi connectivity index (χ0v) is 26.6. The Bertz CT molecular complexity index is 1680. The first kappa shape index (κ1) is 34.7. The first-order chi connectivity index (χ1) is 23.9. The summed E-state index contributed by atoms with van der Waals surface area (Å²) in [6, 6.07) is 32.9. The minimum atomic E-state index is -1.47. The van der Waals surface area contributed by atoms with Crippen molar-refractivity contribution in [2.45, 2.75) is 43.5 Å². The van der Waals surface area contributed by atoms with Gasteiger partial charge >= 0.3 is 23.9 Å². The minimum Gasteiger partial charge on any atom is -0.459 e. The van der Waals surface area contributed by atoms with Crippen LogP contribution in [0.3, 0.4) is 0 Å². The van der Waals surface area contributed by atoms with Crippen LogP contribution < -0.4 is 0 Å². The lowest BCUT2D eigenvalue weighted by Gasteiger charge is -2.44. The Hall–Kier alpha value is -5.58. The first-order valence-corrected chi connectivity index (χ1v) is 15.8. The molecule has 0 unspecified atom stereocenters. The molecular weight excluding hydrogens is 628 g/mol. The van der Waals surface area contributed by atoms with Gasteiger partial charge in [-0.1, -0.05) is 78.9 Å². The summed E-state index contributed by atoms with van der Waals surface area (Å²) in [7, 11) is 0. The van der Waals surface area contributed by atoms with Gasteiger partial charge in [0.05, 0.1) is 28.9 Å². The molecule has 10 nitrogen and oxygen atoms in total. The number of carbonyl (C=O) groups is 4. The van der Waals surface area contributed by atoms with Gasteiger partial charge in [0.1, 0.15) is 12.7 Å². The summed E-state index contributed by atoms with van der Waals surface area (Å²) in [6.07, 6.45) is -3.94. The highest BCUT2D eigenvalue weighted by Gasteiger charge is 2.53. The van der Waals surface area contributed by atoms with Gasteiger partial charge in [0.2, 0.25) is 0 Å². The molecule has 0 radical (unpaired) electrons. The maximum Gasteiger partial charge on any atom is 0.338 e. The van der Waals surface area contributed by atoms with E-state index in [1.54, 1.807) is 127 Å². The highest BCUT2D eigenvalue weighted by atomic mass is 16.7. The Morgan fingerprint density at radius 3 is 1.43 bits per heavy atom. The van der Waals surface area contributed by atoms with Gasteiger partial charge in [0.15, 0.2) is 24.6 Å². The van der Waals surface area contributed by atoms with Crippen molar-refractivity contribution in [3.05, 3.63) is 156 Å². The molecule has 1 aliphatic heterocycles. The van der Waals surface area contributed by atoms with Crippen LogP contribution in [0.5, 0.6) is 0 Å². The number of hydrogen-bond acceptors (Lipinski definition) is 10. The van der Waals surface area contributed by atoms with E-state index in [0.717, 1.165) is 0 Å². The number of carbonyl (C=O) groups excluding carboxylic acids is 4. The lowest BCUT2D eigenvalue weighted by molar-refractivity contribution is -0.298. The Labute approximate surface area is 284 Å². The van der Waals surface area contributed by atoms with E-state index in [2.05, 4.69) is 6.58 Å². The number of hydrogen-bond donors (Lipinski definition) is 0. The summed E-state index contributed by atoms with van der Waals surface area (Å²) in [5.74, 6) is -2.96. The third-order valence-electron chi connectivity index (χ3n) is 7.57. The number of benzene rings is 4. The molecule has 0 saturated carbocycles. The predicted octanol–water partition coefficient (Wildman–Crippen LogP) is 6.23. The second-order valence-corrected chi connectivity index (χ2v) is 11.0. The third-order valence-corrected chi connectivity index (χ3v) is 7.57. The topological polar surface area (TPSA) is 124 Å². The summed E-state index contributed by atoms with van der Waals surface area (Å²) in [6.45, 7) is 3.46. The number of allylic oxidation sites excluding steroid dienone is 1. The van der Waals surface area contributed by atoms with Crippen molar-refractivity contribution in [1.29, 1.82) is 0 Å². The van der Waals surface area contributed by atoms with Crippen LogP contribution in [0, 0.1) is 0 Å². The summed E-state index contributed by atoms with van der Waals surface area (Å²) >= 11 is 0. The molecule has 1 heterocycles. The molecule has 0 aromatic heterocycles. The monoisotopic (exact) mass is 664 g/mol. The van der Waals surface area contributed by atoms with E-state index in [-0.39, 0.29) is 28.9 Å². The van der Waals surface area contributed by atoms with E-state index in [1.807, 2.05) is 0 Å². The van der Waals surface area contributed by atoms with Gasteiger partial charge in [-0.25, -0.2) is 19.2 Å². The van der Waals surface area contributed by atoms with E-state index in [9.17, 15) is 19.2 Å². The lowest BCUT2D eigenvalue weighted by Crippen LogP contribution is -2.63. The van der Waals surface area contributed by atoms with Gasteiger partial charge in [-0.05, 0) is 61.4 Å². The number of unbranched alkanes of at least 4 members (excludes halogenated alkanes) is 1. The SMILES string of the molecule is C=CCCCO[C@H]1O[C@H](COC(=O)c2ccccc2)[C@@H](OC(=O)c2ccccc2)[C@H](OC(=O)c2ccccc2)[C@@H]1OC(=O)c1ccccc1. The molecule has 1 saturated heterocycles. The molecule has 0 aliphatic carbocycles. The molecule has 1 aliphatic rings. The number of rotatable bonds is 14. The standard InChI is InChI=1S/C39H36O10/c1-2-3-16-25-44-39-34(49-38(43)30-23-14-7-15-24-30)33(48-37(42)29-21-12-6-13-22-29)32(47-36(41)28-19-10-5-11-20-28)31(46-39)26-45-35(40)27-17-8-4-9-18-27/h2,4-15,17-24,31-34,39H,1,3,16,25-26H2/t31-,32-,33+,34+,39+/m1/s1. The van der Waals surface area contributed by atoms with Crippen LogP contribution in [0.25, 0.3) is 0 Å². The van der Waals surface area contributed by atoms with Gasteiger partial charge in [-0.3, -0.25) is 0 Å². The molecule has 5 rings (SSSR count). The van der Waals surface area contributed by atoms with Crippen LogP contribution in [-0.2, 0) is 28.4 Å². The van der Waals surface area contributed by atoms with E-state index >= 15 is 0 Å². The van der Waals surface area contributed by atoms with Gasteiger partial charge in [0.25, 0.3) is 0 Å². The molecule has 49 heavy (non-hydrogen) atoms. The van der Waals surface area contributed by atoms with Gasteiger partial charge in [-0.2, -0.15) is 0 Å². The predicted molar refractivity (Wildman–Crippen MR) is 178 cm³/mol. The first-order valence-electron chi connectivity index (χ1n) is 15.8. The molecule has 252 valence electrons. The van der Waals surface area contributed by atoms with Gasteiger partial charge in [0, 0.05) is 0 Å². The zero-order chi connectivity index (χ0) is 34.4. The fraction of sp³-hybridized carbons (Fsp3) is 0.231. The van der Waals surface area contributed by atoms with Crippen LogP contribution in [0.2, 0.25) is 0 Å². The van der Waals surface area contributed by atoms with E-state index in [4.69, 9.17) is 28.4 Å². The Morgan fingerprint density at radius 2 is 0.980 bits per heavy atom. The number of esters is 4. The molecule has 1 fully saturated rings. The van der Waals surface area contributed by atoms with Crippen molar-refractivity contribution in [2.75, 3.05) is 13.2 Å². The van der Waals surface area contributed by atoms with Crippen LogP contribution in [0.15, 0.2) is 134 Å². The molecular formula is C39H36O10. The molecule has 0 spiro atoms. The Morgan fingerprint density at radius 1 is 0.571 bits per heavy atom. The summed E-state index contributed by atoms with van der Waals surface area (Å²) < 4.78 is 36.0. The van der Waals surface area contributed by atoms with Crippen molar-refractivity contribution >= 4 is 23.9 Å². The largest absolute Gasteiger partial charge is 0.459 e. The quantitative estimate of drug-likeness (QED) is 0.0664. The van der Waals surface area contributed by atoms with Gasteiger partial charge < -0.3 is 28.4 Å². The van der Waals surface area contributed by atoms with E-state index in [1.165, 1.54) is 0 Å². The summed E-state index contributed by atoms with van der Waals surface area (Å²) in [4.78, 5) is 53.6. The normalized spacial score (nSPS) is 20.0. The zero-order valence-electron chi connectivity index (χ0n) is 26.6. The van der Waals surface area contributed by atoms with Crippen molar-refractivity contribution in [3.8, 4) is 0 Å². The molecule has 0 bridgehead atoms. The molecule has 5 atom stereocenters. The third kappa shape index (κ3) is 9.50. The second-order valence-electron chi connectivity index (χ2n) is 11.0. The molecule has 0 N–H and O–H groups in total. The fourth-order valence-corrected chi connectivity index (χ4v) is 5.09. The van der Waals surface area contributed by atoms with Crippen molar-refractivity contribution in [2.24, 2.45) is 0 Å². The van der Waals surface area contributed by atoms with Crippen LogP contribution in [0.1, 0.15) is 54.3 Å².